The van der Waals surface area contributed by atoms with Crippen molar-refractivity contribution in [2.75, 3.05) is 25.2 Å². The average molecular weight is 347 g/mol. The molecule has 1 amide bonds. The van der Waals surface area contributed by atoms with Crippen molar-refractivity contribution < 1.29 is 14.3 Å². The van der Waals surface area contributed by atoms with Crippen LogP contribution in [0.15, 0.2) is 34.4 Å². The predicted molar refractivity (Wildman–Crippen MR) is 95.1 cm³/mol. The Labute approximate surface area is 147 Å². The van der Waals surface area contributed by atoms with E-state index in [0.29, 0.717) is 24.2 Å². The molecule has 2 heterocycles. The number of amides is 1. The molecule has 0 spiro atoms. The summed E-state index contributed by atoms with van der Waals surface area (Å²) in [6.45, 7) is 7.04. The fraction of sp³-hybridized carbons (Fsp3) is 0.500. The summed E-state index contributed by atoms with van der Waals surface area (Å²) in [7, 11) is 1.69. The number of anilines is 1. The molecule has 25 heavy (non-hydrogen) atoms. The SMILES string of the molecule is CCOC(=O)CC1=C(C)CCN(N(C)c2cn(CC)ccc2=O)C1=O. The molecule has 0 saturated carbocycles. The number of carbonyl (C=O) groups is 2. The first-order chi connectivity index (χ1) is 11.9. The van der Waals surface area contributed by atoms with E-state index in [1.165, 1.54) is 11.1 Å². The van der Waals surface area contributed by atoms with Gasteiger partial charge in [0.1, 0.15) is 5.69 Å². The van der Waals surface area contributed by atoms with Gasteiger partial charge in [-0.25, -0.2) is 5.01 Å². The second-order valence-electron chi connectivity index (χ2n) is 5.97. The third kappa shape index (κ3) is 4.10. The highest BCUT2D eigenvalue weighted by atomic mass is 16.5. The lowest BCUT2D eigenvalue weighted by molar-refractivity contribution is -0.143. The van der Waals surface area contributed by atoms with Crippen LogP contribution in [0.4, 0.5) is 5.69 Å². The molecule has 0 aromatic carbocycles. The van der Waals surface area contributed by atoms with Gasteiger partial charge in [0.25, 0.3) is 5.91 Å². The highest BCUT2D eigenvalue weighted by Crippen LogP contribution is 2.24. The summed E-state index contributed by atoms with van der Waals surface area (Å²) >= 11 is 0. The second kappa shape index (κ2) is 8.00. The van der Waals surface area contributed by atoms with E-state index in [1.807, 2.05) is 18.4 Å². The minimum atomic E-state index is -0.414. The summed E-state index contributed by atoms with van der Waals surface area (Å²) < 4.78 is 6.84. The van der Waals surface area contributed by atoms with Crippen molar-refractivity contribution in [3.63, 3.8) is 0 Å². The topological polar surface area (TPSA) is 71.8 Å². The molecule has 0 aliphatic carbocycles. The number of hydrazine groups is 1. The standard InChI is InChI=1S/C18H25N3O4/c1-5-20-9-8-16(22)15(12-20)19(4)21-10-7-13(3)14(18(21)24)11-17(23)25-6-2/h8-9,12H,5-7,10-11H2,1-4H3. The lowest BCUT2D eigenvalue weighted by Gasteiger charge is -2.37. The van der Waals surface area contributed by atoms with Gasteiger partial charge in [0.05, 0.1) is 13.0 Å². The molecular weight excluding hydrogens is 322 g/mol. The zero-order chi connectivity index (χ0) is 18.6. The zero-order valence-corrected chi connectivity index (χ0v) is 15.2. The Hall–Kier alpha value is -2.57. The molecule has 0 unspecified atom stereocenters. The van der Waals surface area contributed by atoms with Crippen molar-refractivity contribution in [3.8, 4) is 0 Å². The van der Waals surface area contributed by atoms with Gasteiger partial charge in [-0.3, -0.25) is 19.4 Å². The Morgan fingerprint density at radius 3 is 2.68 bits per heavy atom. The van der Waals surface area contributed by atoms with Crippen LogP contribution in [-0.4, -0.2) is 41.7 Å². The Morgan fingerprint density at radius 2 is 2.04 bits per heavy atom. The number of hydrogen-bond donors (Lipinski definition) is 0. The van der Waals surface area contributed by atoms with Crippen molar-refractivity contribution in [3.05, 3.63) is 39.8 Å². The maximum absolute atomic E-state index is 12.9. The number of nitrogens with zero attached hydrogens (tertiary/aromatic N) is 3. The molecule has 0 atom stereocenters. The lowest BCUT2D eigenvalue weighted by Crippen LogP contribution is -2.49. The van der Waals surface area contributed by atoms with E-state index < -0.39 is 5.97 Å². The van der Waals surface area contributed by atoms with Crippen LogP contribution >= 0.6 is 0 Å². The van der Waals surface area contributed by atoms with E-state index in [4.69, 9.17) is 4.74 Å². The first kappa shape index (κ1) is 18.8. The van der Waals surface area contributed by atoms with Crippen LogP contribution in [0.5, 0.6) is 0 Å². The number of rotatable bonds is 6. The number of aromatic nitrogens is 1. The van der Waals surface area contributed by atoms with Crippen molar-refractivity contribution in [2.45, 2.75) is 40.2 Å². The third-order valence-electron chi connectivity index (χ3n) is 4.37. The van der Waals surface area contributed by atoms with Crippen LogP contribution in [0.1, 0.15) is 33.6 Å². The van der Waals surface area contributed by atoms with Gasteiger partial charge in [-0.05, 0) is 27.2 Å². The van der Waals surface area contributed by atoms with Gasteiger partial charge in [0.15, 0.2) is 0 Å². The first-order valence-electron chi connectivity index (χ1n) is 8.48. The Morgan fingerprint density at radius 1 is 1.32 bits per heavy atom. The van der Waals surface area contributed by atoms with Gasteiger partial charge in [-0.2, -0.15) is 0 Å². The number of hydrogen-bond acceptors (Lipinski definition) is 5. The molecule has 0 fully saturated rings. The molecule has 136 valence electrons. The fourth-order valence-electron chi connectivity index (χ4n) is 2.82. The van der Waals surface area contributed by atoms with Crippen LogP contribution in [0.2, 0.25) is 0 Å². The number of pyridine rings is 1. The first-order valence-corrected chi connectivity index (χ1v) is 8.48. The van der Waals surface area contributed by atoms with Crippen LogP contribution in [0, 0.1) is 0 Å². The van der Waals surface area contributed by atoms with E-state index in [-0.39, 0.29) is 24.4 Å². The molecule has 1 aromatic rings. The molecule has 1 aliphatic rings. The summed E-state index contributed by atoms with van der Waals surface area (Å²) in [5.41, 5.74) is 1.61. The molecule has 0 radical (unpaired) electrons. The Balaban J connectivity index is 2.27. The van der Waals surface area contributed by atoms with Crippen molar-refractivity contribution >= 4 is 17.6 Å². The summed E-state index contributed by atoms with van der Waals surface area (Å²) in [6.07, 6.45) is 4.05. The van der Waals surface area contributed by atoms with Gasteiger partial charge in [0.2, 0.25) is 5.43 Å². The monoisotopic (exact) mass is 347 g/mol. The molecule has 7 heteroatoms. The highest BCUT2D eigenvalue weighted by Gasteiger charge is 2.30. The predicted octanol–water partition coefficient (Wildman–Crippen LogP) is 1.72. The molecule has 0 bridgehead atoms. The Kier molecular flexibility index (Phi) is 6.01. The largest absolute Gasteiger partial charge is 0.466 e. The highest BCUT2D eigenvalue weighted by molar-refractivity contribution is 5.99. The molecule has 7 nitrogen and oxygen atoms in total. The van der Waals surface area contributed by atoms with Crippen LogP contribution in [0.25, 0.3) is 0 Å². The maximum Gasteiger partial charge on any atom is 0.310 e. The number of aryl methyl sites for hydroxylation is 1. The zero-order valence-electron chi connectivity index (χ0n) is 15.2. The second-order valence-corrected chi connectivity index (χ2v) is 5.97. The summed E-state index contributed by atoms with van der Waals surface area (Å²) in [5, 5.41) is 3.09. The fourth-order valence-corrected chi connectivity index (χ4v) is 2.82. The molecule has 2 rings (SSSR count). The van der Waals surface area contributed by atoms with Crippen LogP contribution < -0.4 is 10.4 Å². The van der Waals surface area contributed by atoms with Gasteiger partial charge in [-0.1, -0.05) is 5.57 Å². The molecule has 1 aliphatic heterocycles. The quantitative estimate of drug-likeness (QED) is 0.733. The number of esters is 1. The smallest absolute Gasteiger partial charge is 0.310 e. The summed E-state index contributed by atoms with van der Waals surface area (Å²) in [6, 6.07) is 1.49. The normalized spacial score (nSPS) is 14.7. The van der Waals surface area contributed by atoms with Crippen molar-refractivity contribution in [2.24, 2.45) is 0 Å². The van der Waals surface area contributed by atoms with Crippen molar-refractivity contribution in [1.82, 2.24) is 9.58 Å². The van der Waals surface area contributed by atoms with Crippen molar-refractivity contribution in [1.29, 1.82) is 0 Å². The molecule has 1 aromatic heterocycles. The minimum absolute atomic E-state index is 0.0448. The molecule has 0 N–H and O–H groups in total. The maximum atomic E-state index is 12.9. The average Bonchev–Trinajstić information content (AvgIpc) is 2.59. The number of ether oxygens (including phenoxy) is 1. The summed E-state index contributed by atoms with van der Waals surface area (Å²) in [5.74, 6) is -0.673. The third-order valence-corrected chi connectivity index (χ3v) is 4.37. The van der Waals surface area contributed by atoms with Gasteiger partial charge in [0, 0.05) is 44.2 Å². The number of carbonyl (C=O) groups excluding carboxylic acids is 2. The van der Waals surface area contributed by atoms with Crippen LogP contribution in [-0.2, 0) is 20.9 Å². The van der Waals surface area contributed by atoms with Gasteiger partial charge < -0.3 is 9.30 Å². The van der Waals surface area contributed by atoms with Gasteiger partial charge in [-0.15, -0.1) is 0 Å². The minimum Gasteiger partial charge on any atom is -0.466 e. The van der Waals surface area contributed by atoms with E-state index in [2.05, 4.69) is 0 Å². The van der Waals surface area contributed by atoms with E-state index >= 15 is 0 Å². The van der Waals surface area contributed by atoms with E-state index in [0.717, 1.165) is 12.1 Å². The van der Waals surface area contributed by atoms with Crippen LogP contribution in [0.3, 0.4) is 0 Å². The molecular formula is C18H25N3O4. The molecule has 0 saturated heterocycles. The Bertz CT molecular complexity index is 751. The lowest BCUT2D eigenvalue weighted by atomic mass is 9.99. The summed E-state index contributed by atoms with van der Waals surface area (Å²) in [4.78, 5) is 36.9. The van der Waals surface area contributed by atoms with Gasteiger partial charge >= 0.3 is 5.97 Å². The van der Waals surface area contributed by atoms with E-state index in [1.54, 1.807) is 31.4 Å². The van der Waals surface area contributed by atoms with E-state index in [9.17, 15) is 14.4 Å².